The van der Waals surface area contributed by atoms with Crippen LogP contribution in [0.3, 0.4) is 0 Å². The summed E-state index contributed by atoms with van der Waals surface area (Å²) in [5.74, 6) is 0.750. The lowest BCUT2D eigenvalue weighted by Crippen LogP contribution is -1.89. The average Bonchev–Trinajstić information content (AvgIpc) is 2.63. The fourth-order valence-electron chi connectivity index (χ4n) is 1.26. The maximum Gasteiger partial charge on any atom is 0.0929 e. The first kappa shape index (κ1) is 11.3. The minimum Gasteiger partial charge on any atom is -0.398 e. The molecule has 0 aliphatic carbocycles. The molecule has 1 heterocycles. The lowest BCUT2D eigenvalue weighted by Gasteiger charge is -2.03. The van der Waals surface area contributed by atoms with Gasteiger partial charge in [-0.3, -0.25) is 4.68 Å². The van der Waals surface area contributed by atoms with E-state index in [9.17, 15) is 0 Å². The number of aryl methyl sites for hydroxylation is 1. The molecule has 0 aliphatic rings. The highest BCUT2D eigenvalue weighted by atomic mass is 35.5. The van der Waals surface area contributed by atoms with Gasteiger partial charge in [-0.05, 0) is 18.2 Å². The molecule has 4 nitrogen and oxygen atoms in total. The molecule has 84 valence electrons. The van der Waals surface area contributed by atoms with Gasteiger partial charge in [0.25, 0.3) is 0 Å². The molecule has 0 atom stereocenters. The molecule has 0 radical (unpaired) electrons. The summed E-state index contributed by atoms with van der Waals surface area (Å²) in [6.07, 6.45) is 1.89. The van der Waals surface area contributed by atoms with Crippen LogP contribution in [0.2, 0.25) is 5.02 Å². The Hall–Kier alpha value is -1.20. The molecular formula is C10H11ClN4S. The maximum absolute atomic E-state index is 5.84. The first-order valence-corrected chi connectivity index (χ1v) is 6.04. The van der Waals surface area contributed by atoms with E-state index < -0.39 is 0 Å². The fourth-order valence-corrected chi connectivity index (χ4v) is 2.27. The van der Waals surface area contributed by atoms with Gasteiger partial charge in [0.1, 0.15) is 0 Å². The minimum atomic E-state index is 0.654. The monoisotopic (exact) mass is 254 g/mol. The molecule has 0 spiro atoms. The van der Waals surface area contributed by atoms with Crippen LogP contribution in [0.5, 0.6) is 0 Å². The number of thioether (sulfide) groups is 1. The maximum atomic E-state index is 5.84. The van der Waals surface area contributed by atoms with Crippen molar-refractivity contribution in [3.05, 3.63) is 35.1 Å². The number of nitrogens with zero attached hydrogens (tertiary/aromatic N) is 3. The summed E-state index contributed by atoms with van der Waals surface area (Å²) in [6, 6.07) is 5.50. The van der Waals surface area contributed by atoms with E-state index in [1.54, 1.807) is 22.5 Å². The van der Waals surface area contributed by atoms with Crippen molar-refractivity contribution in [2.75, 3.05) is 5.73 Å². The second-order valence-corrected chi connectivity index (χ2v) is 4.81. The number of nitrogens with two attached hydrogens (primary N) is 1. The first-order chi connectivity index (χ1) is 7.65. The summed E-state index contributed by atoms with van der Waals surface area (Å²) in [5, 5.41) is 8.52. The number of anilines is 1. The molecule has 0 unspecified atom stereocenters. The quantitative estimate of drug-likeness (QED) is 0.675. The Morgan fingerprint density at radius 1 is 1.50 bits per heavy atom. The molecule has 0 amide bonds. The van der Waals surface area contributed by atoms with Crippen LogP contribution >= 0.6 is 23.4 Å². The Balaban J connectivity index is 2.04. The van der Waals surface area contributed by atoms with E-state index in [-0.39, 0.29) is 0 Å². The molecule has 16 heavy (non-hydrogen) atoms. The second kappa shape index (κ2) is 4.76. The lowest BCUT2D eigenvalue weighted by molar-refractivity contribution is 0.714. The Labute approximate surface area is 103 Å². The van der Waals surface area contributed by atoms with Crippen LogP contribution in [0.1, 0.15) is 5.69 Å². The average molecular weight is 255 g/mol. The summed E-state index contributed by atoms with van der Waals surface area (Å²) in [6.45, 7) is 0. The Morgan fingerprint density at radius 3 is 2.94 bits per heavy atom. The van der Waals surface area contributed by atoms with Crippen molar-refractivity contribution in [3.63, 3.8) is 0 Å². The number of hydrogen-bond acceptors (Lipinski definition) is 4. The highest BCUT2D eigenvalue weighted by Gasteiger charge is 2.03. The third kappa shape index (κ3) is 2.68. The van der Waals surface area contributed by atoms with E-state index in [4.69, 9.17) is 17.3 Å². The van der Waals surface area contributed by atoms with Gasteiger partial charge in [0, 0.05) is 34.6 Å². The minimum absolute atomic E-state index is 0.654. The van der Waals surface area contributed by atoms with Gasteiger partial charge >= 0.3 is 0 Å². The highest BCUT2D eigenvalue weighted by molar-refractivity contribution is 7.98. The summed E-state index contributed by atoms with van der Waals surface area (Å²) in [4.78, 5) is 1.01. The number of rotatable bonds is 3. The van der Waals surface area contributed by atoms with Crippen molar-refractivity contribution in [1.29, 1.82) is 0 Å². The Bertz CT molecular complexity index is 497. The molecule has 6 heteroatoms. The van der Waals surface area contributed by atoms with E-state index in [1.807, 2.05) is 25.4 Å². The van der Waals surface area contributed by atoms with Crippen LogP contribution in [0, 0.1) is 0 Å². The summed E-state index contributed by atoms with van der Waals surface area (Å²) in [7, 11) is 1.85. The van der Waals surface area contributed by atoms with Crippen molar-refractivity contribution in [2.24, 2.45) is 7.05 Å². The van der Waals surface area contributed by atoms with Gasteiger partial charge in [-0.15, -0.1) is 16.9 Å². The molecular weight excluding hydrogens is 244 g/mol. The summed E-state index contributed by atoms with van der Waals surface area (Å²) >= 11 is 7.45. The number of benzene rings is 1. The van der Waals surface area contributed by atoms with Crippen molar-refractivity contribution in [3.8, 4) is 0 Å². The zero-order valence-corrected chi connectivity index (χ0v) is 10.3. The molecule has 0 aliphatic heterocycles. The third-order valence-electron chi connectivity index (χ3n) is 2.00. The fraction of sp³-hybridized carbons (Fsp3) is 0.200. The molecule has 0 saturated heterocycles. The molecule has 2 N–H and O–H groups in total. The number of aromatic nitrogens is 3. The topological polar surface area (TPSA) is 56.7 Å². The number of hydrogen-bond donors (Lipinski definition) is 1. The van der Waals surface area contributed by atoms with Gasteiger partial charge in [0.2, 0.25) is 0 Å². The zero-order valence-electron chi connectivity index (χ0n) is 8.72. The molecule has 1 aromatic heterocycles. The van der Waals surface area contributed by atoms with Crippen LogP contribution in [0.15, 0.2) is 29.3 Å². The number of halogens is 1. The molecule has 0 fully saturated rings. The van der Waals surface area contributed by atoms with Gasteiger partial charge in [-0.2, -0.15) is 0 Å². The largest absolute Gasteiger partial charge is 0.398 e. The van der Waals surface area contributed by atoms with Crippen molar-refractivity contribution in [2.45, 2.75) is 10.6 Å². The molecule has 2 aromatic rings. The normalized spacial score (nSPS) is 10.6. The van der Waals surface area contributed by atoms with Gasteiger partial charge < -0.3 is 5.73 Å². The van der Waals surface area contributed by atoms with E-state index in [1.165, 1.54) is 0 Å². The van der Waals surface area contributed by atoms with Crippen LogP contribution in [-0.4, -0.2) is 15.0 Å². The second-order valence-electron chi connectivity index (χ2n) is 3.35. The predicted octanol–water partition coefficient (Wildman–Crippen LogP) is 2.34. The highest BCUT2D eigenvalue weighted by Crippen LogP contribution is 2.29. The van der Waals surface area contributed by atoms with Gasteiger partial charge in [-0.25, -0.2) is 0 Å². The van der Waals surface area contributed by atoms with Crippen molar-refractivity contribution in [1.82, 2.24) is 15.0 Å². The van der Waals surface area contributed by atoms with E-state index in [0.29, 0.717) is 10.7 Å². The van der Waals surface area contributed by atoms with Gasteiger partial charge in [0.05, 0.1) is 5.69 Å². The van der Waals surface area contributed by atoms with Crippen LogP contribution in [0.4, 0.5) is 5.69 Å². The van der Waals surface area contributed by atoms with Crippen molar-refractivity contribution < 1.29 is 0 Å². The summed E-state index contributed by atoms with van der Waals surface area (Å²) in [5.41, 5.74) is 7.47. The van der Waals surface area contributed by atoms with Crippen molar-refractivity contribution >= 4 is 29.1 Å². The predicted molar refractivity (Wildman–Crippen MR) is 66.4 cm³/mol. The Kier molecular flexibility index (Phi) is 3.36. The number of nitrogen functional groups attached to an aromatic ring is 1. The van der Waals surface area contributed by atoms with E-state index in [2.05, 4.69) is 10.3 Å². The SMILES string of the molecule is Cn1cc(CSc2ccc(Cl)cc2N)nn1. The standard InChI is InChI=1S/C10H11ClN4S/c1-15-5-8(13-14-15)6-16-10-3-2-7(11)4-9(10)12/h2-5H,6,12H2,1H3. The molecule has 0 bridgehead atoms. The van der Waals surface area contributed by atoms with E-state index in [0.717, 1.165) is 16.3 Å². The smallest absolute Gasteiger partial charge is 0.0929 e. The van der Waals surface area contributed by atoms with Crippen LogP contribution in [0.25, 0.3) is 0 Å². The van der Waals surface area contributed by atoms with Crippen LogP contribution in [-0.2, 0) is 12.8 Å². The molecule has 0 saturated carbocycles. The first-order valence-electron chi connectivity index (χ1n) is 4.68. The van der Waals surface area contributed by atoms with E-state index >= 15 is 0 Å². The lowest BCUT2D eigenvalue weighted by atomic mass is 10.3. The molecule has 1 aromatic carbocycles. The third-order valence-corrected chi connectivity index (χ3v) is 3.36. The molecule has 2 rings (SSSR count). The van der Waals surface area contributed by atoms with Gasteiger partial charge in [0.15, 0.2) is 0 Å². The summed E-state index contributed by atoms with van der Waals surface area (Å²) < 4.78 is 1.68. The zero-order chi connectivity index (χ0) is 11.5. The van der Waals surface area contributed by atoms with Crippen LogP contribution < -0.4 is 5.73 Å². The van der Waals surface area contributed by atoms with Gasteiger partial charge in [-0.1, -0.05) is 16.8 Å². The Morgan fingerprint density at radius 2 is 2.31 bits per heavy atom.